The molecule has 162 valence electrons. The number of rotatable bonds is 7. The van der Waals surface area contributed by atoms with Crippen molar-refractivity contribution in [3.8, 4) is 11.5 Å². The first-order valence-corrected chi connectivity index (χ1v) is 10.00. The van der Waals surface area contributed by atoms with E-state index in [9.17, 15) is 9.59 Å². The van der Waals surface area contributed by atoms with Crippen LogP contribution in [0, 0.1) is 6.92 Å². The number of anilines is 2. The highest BCUT2D eigenvalue weighted by Gasteiger charge is 2.22. The van der Waals surface area contributed by atoms with Crippen molar-refractivity contribution in [1.29, 1.82) is 0 Å². The Bertz CT molecular complexity index is 1280. The van der Waals surface area contributed by atoms with Gasteiger partial charge in [-0.05, 0) is 48.9 Å². The van der Waals surface area contributed by atoms with Gasteiger partial charge >= 0.3 is 0 Å². The number of nitrogens with one attached hydrogen (secondary N) is 2. The molecule has 1 aromatic heterocycles. The van der Waals surface area contributed by atoms with E-state index in [0.717, 1.165) is 5.56 Å². The lowest BCUT2D eigenvalue weighted by atomic mass is 10.2. The molecule has 32 heavy (non-hydrogen) atoms. The molecule has 0 aliphatic rings. The predicted octanol–water partition coefficient (Wildman–Crippen LogP) is 5.02. The van der Waals surface area contributed by atoms with Gasteiger partial charge in [-0.15, -0.1) is 0 Å². The molecule has 0 unspecified atom stereocenters. The van der Waals surface area contributed by atoms with Crippen molar-refractivity contribution in [3.63, 3.8) is 0 Å². The van der Waals surface area contributed by atoms with E-state index in [4.69, 9.17) is 13.9 Å². The van der Waals surface area contributed by atoms with Crippen LogP contribution in [0.3, 0.4) is 0 Å². The van der Waals surface area contributed by atoms with E-state index >= 15 is 0 Å². The number of carbonyl (C=O) groups excluding carboxylic acids is 2. The van der Waals surface area contributed by atoms with Crippen molar-refractivity contribution in [3.05, 3.63) is 84.1 Å². The van der Waals surface area contributed by atoms with Crippen LogP contribution >= 0.6 is 0 Å². The Labute approximate surface area is 184 Å². The molecule has 0 saturated heterocycles. The van der Waals surface area contributed by atoms with Crippen LogP contribution in [-0.4, -0.2) is 25.5 Å². The smallest absolute Gasteiger partial charge is 0.293 e. The van der Waals surface area contributed by atoms with Crippen LogP contribution in [0.5, 0.6) is 11.5 Å². The topological polar surface area (TPSA) is 89.8 Å². The van der Waals surface area contributed by atoms with Crippen LogP contribution in [0.4, 0.5) is 11.4 Å². The van der Waals surface area contributed by atoms with Gasteiger partial charge < -0.3 is 24.5 Å². The SMILES string of the molecule is COc1cccc(NC(=O)c2oc3ccccc3c2NC(=O)COc2cccc(C)c2)c1. The molecule has 4 aromatic rings. The maximum Gasteiger partial charge on any atom is 0.293 e. The number of ether oxygens (including phenoxy) is 2. The van der Waals surface area contributed by atoms with Crippen molar-refractivity contribution < 1.29 is 23.5 Å². The van der Waals surface area contributed by atoms with Crippen LogP contribution in [0.25, 0.3) is 11.0 Å². The minimum atomic E-state index is -0.496. The lowest BCUT2D eigenvalue weighted by Crippen LogP contribution is -2.22. The van der Waals surface area contributed by atoms with Gasteiger partial charge in [-0.1, -0.05) is 30.3 Å². The van der Waals surface area contributed by atoms with E-state index in [1.165, 1.54) is 0 Å². The minimum Gasteiger partial charge on any atom is -0.497 e. The molecule has 0 saturated carbocycles. The van der Waals surface area contributed by atoms with Crippen LogP contribution in [-0.2, 0) is 4.79 Å². The van der Waals surface area contributed by atoms with Gasteiger partial charge in [0.25, 0.3) is 11.8 Å². The number of hydrogen-bond acceptors (Lipinski definition) is 5. The molecule has 0 spiro atoms. The summed E-state index contributed by atoms with van der Waals surface area (Å²) in [6, 6.07) is 21.5. The fourth-order valence-electron chi connectivity index (χ4n) is 3.25. The molecule has 7 nitrogen and oxygen atoms in total. The minimum absolute atomic E-state index is 0.00192. The molecule has 1 heterocycles. The molecule has 2 amide bonds. The normalized spacial score (nSPS) is 10.6. The van der Waals surface area contributed by atoms with Gasteiger partial charge in [-0.3, -0.25) is 9.59 Å². The number of aryl methyl sites for hydroxylation is 1. The molecule has 0 atom stereocenters. The van der Waals surface area contributed by atoms with E-state index in [1.807, 2.05) is 25.1 Å². The third kappa shape index (κ3) is 4.73. The Balaban J connectivity index is 1.55. The van der Waals surface area contributed by atoms with Crippen LogP contribution in [0.1, 0.15) is 16.1 Å². The number of para-hydroxylation sites is 1. The second-order valence-corrected chi connectivity index (χ2v) is 7.14. The maximum absolute atomic E-state index is 13.0. The van der Waals surface area contributed by atoms with Crippen molar-refractivity contribution in [2.24, 2.45) is 0 Å². The van der Waals surface area contributed by atoms with E-state index in [2.05, 4.69) is 10.6 Å². The summed E-state index contributed by atoms with van der Waals surface area (Å²) in [4.78, 5) is 25.6. The van der Waals surface area contributed by atoms with Gasteiger partial charge in [0.05, 0.1) is 7.11 Å². The van der Waals surface area contributed by atoms with Crippen molar-refractivity contribution in [2.45, 2.75) is 6.92 Å². The van der Waals surface area contributed by atoms with E-state index < -0.39 is 11.8 Å². The molecule has 3 aromatic carbocycles. The summed E-state index contributed by atoms with van der Waals surface area (Å²) in [5, 5.41) is 6.16. The molecule has 0 radical (unpaired) electrons. The first-order valence-electron chi connectivity index (χ1n) is 10.00. The van der Waals surface area contributed by atoms with Crippen LogP contribution in [0.15, 0.2) is 77.2 Å². The number of methoxy groups -OCH3 is 1. The number of furan rings is 1. The second-order valence-electron chi connectivity index (χ2n) is 7.14. The number of amides is 2. The highest BCUT2D eigenvalue weighted by Crippen LogP contribution is 2.31. The fraction of sp³-hybridized carbons (Fsp3) is 0.120. The third-order valence-corrected chi connectivity index (χ3v) is 4.75. The monoisotopic (exact) mass is 430 g/mol. The molecular formula is C25H22N2O5. The molecule has 0 bridgehead atoms. The highest BCUT2D eigenvalue weighted by atomic mass is 16.5. The zero-order valence-electron chi connectivity index (χ0n) is 17.7. The maximum atomic E-state index is 13.0. The largest absolute Gasteiger partial charge is 0.497 e. The average molecular weight is 430 g/mol. The molecular weight excluding hydrogens is 408 g/mol. The lowest BCUT2D eigenvalue weighted by Gasteiger charge is -2.09. The Morgan fingerprint density at radius 1 is 0.906 bits per heavy atom. The zero-order valence-corrected chi connectivity index (χ0v) is 17.7. The first kappa shape index (κ1) is 21.0. The predicted molar refractivity (Wildman–Crippen MR) is 122 cm³/mol. The Morgan fingerprint density at radius 3 is 2.50 bits per heavy atom. The number of carbonyl (C=O) groups is 2. The summed E-state index contributed by atoms with van der Waals surface area (Å²) in [5.41, 5.74) is 2.34. The second kappa shape index (κ2) is 9.26. The molecule has 0 aliphatic carbocycles. The van der Waals surface area contributed by atoms with E-state index in [1.54, 1.807) is 61.7 Å². The van der Waals surface area contributed by atoms with Gasteiger partial charge in [0.2, 0.25) is 5.76 Å². The lowest BCUT2D eigenvalue weighted by molar-refractivity contribution is -0.118. The van der Waals surface area contributed by atoms with E-state index in [0.29, 0.717) is 33.8 Å². The number of hydrogen-bond donors (Lipinski definition) is 2. The van der Waals surface area contributed by atoms with Gasteiger partial charge in [0.1, 0.15) is 22.8 Å². The highest BCUT2D eigenvalue weighted by molar-refractivity contribution is 6.14. The summed E-state index contributed by atoms with van der Waals surface area (Å²) < 4.78 is 16.5. The first-order chi connectivity index (χ1) is 15.5. The molecule has 7 heteroatoms. The van der Waals surface area contributed by atoms with Gasteiger partial charge in [-0.2, -0.15) is 0 Å². The fourth-order valence-corrected chi connectivity index (χ4v) is 3.25. The molecule has 0 aliphatic heterocycles. The number of fused-ring (bicyclic) bond motifs is 1. The van der Waals surface area contributed by atoms with Crippen molar-refractivity contribution in [2.75, 3.05) is 24.4 Å². The van der Waals surface area contributed by atoms with Crippen molar-refractivity contribution >= 4 is 34.2 Å². The average Bonchev–Trinajstić information content (AvgIpc) is 3.16. The Hall–Kier alpha value is -4.26. The number of benzene rings is 3. The van der Waals surface area contributed by atoms with Crippen LogP contribution < -0.4 is 20.1 Å². The zero-order chi connectivity index (χ0) is 22.5. The standard InChI is InChI=1S/C25H22N2O5/c1-16-7-5-10-19(13-16)31-15-22(28)27-23-20-11-3-4-12-21(20)32-24(23)25(29)26-17-8-6-9-18(14-17)30-2/h3-14H,15H2,1-2H3,(H,26,29)(H,27,28). The summed E-state index contributed by atoms with van der Waals surface area (Å²) in [6.45, 7) is 1.73. The summed E-state index contributed by atoms with van der Waals surface area (Å²) in [5.74, 6) is 0.290. The Kier molecular flexibility index (Phi) is 6.07. The van der Waals surface area contributed by atoms with Gasteiger partial charge in [0.15, 0.2) is 6.61 Å². The summed E-state index contributed by atoms with van der Waals surface area (Å²) >= 11 is 0. The van der Waals surface area contributed by atoms with Gasteiger partial charge in [0, 0.05) is 17.1 Å². The Morgan fingerprint density at radius 2 is 1.69 bits per heavy atom. The molecule has 4 rings (SSSR count). The molecule has 0 fully saturated rings. The molecule has 2 N–H and O–H groups in total. The van der Waals surface area contributed by atoms with Crippen molar-refractivity contribution in [1.82, 2.24) is 0 Å². The summed E-state index contributed by atoms with van der Waals surface area (Å²) in [7, 11) is 1.55. The van der Waals surface area contributed by atoms with E-state index in [-0.39, 0.29) is 12.4 Å². The van der Waals surface area contributed by atoms with Gasteiger partial charge in [-0.25, -0.2) is 0 Å². The third-order valence-electron chi connectivity index (χ3n) is 4.75. The quantitative estimate of drug-likeness (QED) is 0.430. The summed E-state index contributed by atoms with van der Waals surface area (Å²) in [6.07, 6.45) is 0. The van der Waals surface area contributed by atoms with Crippen LogP contribution in [0.2, 0.25) is 0 Å².